The number of carbonyl (C=O) groups excluding carboxylic acids is 1. The first kappa shape index (κ1) is 12.1. The van der Waals surface area contributed by atoms with E-state index in [0.29, 0.717) is 11.8 Å². The number of hydrogen-bond donors (Lipinski definition) is 1. The van der Waals surface area contributed by atoms with Gasteiger partial charge in [0.05, 0.1) is 17.2 Å². The van der Waals surface area contributed by atoms with Crippen molar-refractivity contribution in [2.45, 2.75) is 12.1 Å². The fourth-order valence-corrected chi connectivity index (χ4v) is 2.42. The van der Waals surface area contributed by atoms with Crippen LogP contribution < -0.4 is 0 Å². The minimum Gasteiger partial charge on any atom is -0.465 e. The van der Waals surface area contributed by atoms with E-state index >= 15 is 0 Å². The van der Waals surface area contributed by atoms with E-state index in [-0.39, 0.29) is 11.7 Å². The van der Waals surface area contributed by atoms with Gasteiger partial charge in [0.25, 0.3) is 0 Å². The van der Waals surface area contributed by atoms with Gasteiger partial charge in [-0.15, -0.1) is 16.4 Å². The summed E-state index contributed by atoms with van der Waals surface area (Å²) >= 11 is 2.85. The number of ether oxygens (including phenoxy) is 1. The summed E-state index contributed by atoms with van der Waals surface area (Å²) in [4.78, 5) is 16.5. The lowest BCUT2D eigenvalue weighted by atomic mass is 10.4. The second-order valence-corrected chi connectivity index (χ2v) is 4.93. The van der Waals surface area contributed by atoms with Gasteiger partial charge in [-0.05, 0) is 18.4 Å². The van der Waals surface area contributed by atoms with E-state index in [9.17, 15) is 4.79 Å². The zero-order chi connectivity index (χ0) is 12.1. The maximum atomic E-state index is 11.1. The molecule has 0 spiro atoms. The van der Waals surface area contributed by atoms with Gasteiger partial charge in [0.1, 0.15) is 0 Å². The van der Waals surface area contributed by atoms with Crippen molar-refractivity contribution in [3.63, 3.8) is 0 Å². The van der Waals surface area contributed by atoms with Crippen molar-refractivity contribution in [2.24, 2.45) is 0 Å². The highest BCUT2D eigenvalue weighted by Crippen LogP contribution is 2.23. The van der Waals surface area contributed by atoms with Gasteiger partial charge < -0.3 is 4.74 Å². The molecular formula is C10H11N3O2S2. The van der Waals surface area contributed by atoms with Crippen LogP contribution in [-0.2, 0) is 9.53 Å². The molecule has 0 saturated carbocycles. The minimum atomic E-state index is -0.250. The summed E-state index contributed by atoms with van der Waals surface area (Å²) in [7, 11) is 0. The molecule has 0 aromatic carbocycles. The van der Waals surface area contributed by atoms with Crippen LogP contribution in [0.25, 0.3) is 10.7 Å². The van der Waals surface area contributed by atoms with Crippen molar-refractivity contribution >= 4 is 29.1 Å². The van der Waals surface area contributed by atoms with Crippen molar-refractivity contribution in [3.8, 4) is 10.7 Å². The molecule has 0 fully saturated rings. The number of carbonyl (C=O) groups is 1. The van der Waals surface area contributed by atoms with Gasteiger partial charge in [0.15, 0.2) is 5.82 Å². The van der Waals surface area contributed by atoms with Gasteiger partial charge in [-0.3, -0.25) is 9.89 Å². The largest absolute Gasteiger partial charge is 0.465 e. The Morgan fingerprint density at radius 3 is 3.24 bits per heavy atom. The fourth-order valence-electron chi connectivity index (χ4n) is 1.16. The molecule has 7 heteroatoms. The molecular weight excluding hydrogens is 258 g/mol. The van der Waals surface area contributed by atoms with E-state index in [2.05, 4.69) is 15.2 Å². The Kier molecular flexibility index (Phi) is 4.16. The van der Waals surface area contributed by atoms with Crippen LogP contribution in [0.4, 0.5) is 0 Å². The number of hydrogen-bond acceptors (Lipinski definition) is 6. The molecule has 0 aliphatic heterocycles. The zero-order valence-electron chi connectivity index (χ0n) is 9.17. The van der Waals surface area contributed by atoms with Crippen LogP contribution in [0.1, 0.15) is 6.92 Å². The van der Waals surface area contributed by atoms with E-state index < -0.39 is 0 Å². The summed E-state index contributed by atoms with van der Waals surface area (Å²) in [5, 5.41) is 9.40. The van der Waals surface area contributed by atoms with Gasteiger partial charge in [-0.2, -0.15) is 0 Å². The molecule has 0 bridgehead atoms. The molecule has 0 radical (unpaired) electrons. The van der Waals surface area contributed by atoms with E-state index in [1.165, 1.54) is 11.8 Å². The fraction of sp³-hybridized carbons (Fsp3) is 0.300. The third-order valence-electron chi connectivity index (χ3n) is 1.84. The standard InChI is InChI=1S/C10H11N3O2S2/c1-2-15-8(14)6-17-10-11-9(12-13-10)7-4-3-5-16-7/h3-5H,2,6H2,1H3,(H,11,12,13). The van der Waals surface area contributed by atoms with Crippen molar-refractivity contribution in [1.29, 1.82) is 0 Å². The van der Waals surface area contributed by atoms with Crippen LogP contribution >= 0.6 is 23.1 Å². The van der Waals surface area contributed by atoms with Crippen LogP contribution in [0, 0.1) is 0 Å². The van der Waals surface area contributed by atoms with Gasteiger partial charge in [0, 0.05) is 0 Å². The van der Waals surface area contributed by atoms with Crippen LogP contribution in [0.5, 0.6) is 0 Å². The van der Waals surface area contributed by atoms with Gasteiger partial charge in [0.2, 0.25) is 5.16 Å². The average Bonchev–Trinajstić information content (AvgIpc) is 2.97. The van der Waals surface area contributed by atoms with Crippen molar-refractivity contribution in [2.75, 3.05) is 12.4 Å². The predicted octanol–water partition coefficient (Wildman–Crippen LogP) is 2.19. The number of aromatic amines is 1. The zero-order valence-corrected chi connectivity index (χ0v) is 10.8. The third-order valence-corrected chi connectivity index (χ3v) is 3.54. The number of esters is 1. The lowest BCUT2D eigenvalue weighted by Gasteiger charge is -1.97. The van der Waals surface area contributed by atoms with Crippen molar-refractivity contribution in [1.82, 2.24) is 15.2 Å². The van der Waals surface area contributed by atoms with E-state index in [1.54, 1.807) is 18.3 Å². The lowest BCUT2D eigenvalue weighted by molar-refractivity contribution is -0.139. The lowest BCUT2D eigenvalue weighted by Crippen LogP contribution is -2.06. The molecule has 90 valence electrons. The first-order valence-electron chi connectivity index (χ1n) is 5.04. The molecule has 0 saturated heterocycles. The monoisotopic (exact) mass is 269 g/mol. The summed E-state index contributed by atoms with van der Waals surface area (Å²) in [6.45, 7) is 2.18. The molecule has 0 aliphatic carbocycles. The molecule has 2 aromatic heterocycles. The smallest absolute Gasteiger partial charge is 0.316 e. The summed E-state index contributed by atoms with van der Waals surface area (Å²) in [5.41, 5.74) is 0. The number of aromatic nitrogens is 3. The molecule has 0 aliphatic rings. The summed E-state index contributed by atoms with van der Waals surface area (Å²) < 4.78 is 4.82. The summed E-state index contributed by atoms with van der Waals surface area (Å²) in [6, 6.07) is 3.92. The Balaban J connectivity index is 1.93. The normalized spacial score (nSPS) is 10.4. The van der Waals surface area contributed by atoms with Crippen molar-refractivity contribution in [3.05, 3.63) is 17.5 Å². The Labute approximate surface area is 107 Å². The topological polar surface area (TPSA) is 67.9 Å². The number of H-pyrrole nitrogens is 1. The number of thioether (sulfide) groups is 1. The summed E-state index contributed by atoms with van der Waals surface area (Å²) in [6.07, 6.45) is 0. The highest BCUT2D eigenvalue weighted by Gasteiger charge is 2.09. The Morgan fingerprint density at radius 2 is 2.53 bits per heavy atom. The maximum absolute atomic E-state index is 11.1. The van der Waals surface area contributed by atoms with Gasteiger partial charge in [-0.25, -0.2) is 4.98 Å². The second kappa shape index (κ2) is 5.83. The quantitative estimate of drug-likeness (QED) is 0.665. The molecule has 2 rings (SSSR count). The van der Waals surface area contributed by atoms with Crippen LogP contribution in [0.2, 0.25) is 0 Å². The predicted molar refractivity (Wildman–Crippen MR) is 67.1 cm³/mol. The van der Waals surface area contributed by atoms with E-state index in [1.807, 2.05) is 17.5 Å². The Morgan fingerprint density at radius 1 is 1.65 bits per heavy atom. The number of thiophene rings is 1. The first-order valence-corrected chi connectivity index (χ1v) is 6.91. The molecule has 0 atom stereocenters. The number of rotatable bonds is 5. The molecule has 2 aromatic rings. The highest BCUT2D eigenvalue weighted by molar-refractivity contribution is 7.99. The third kappa shape index (κ3) is 3.31. The van der Waals surface area contributed by atoms with Crippen LogP contribution in [-0.4, -0.2) is 33.5 Å². The maximum Gasteiger partial charge on any atom is 0.316 e. The Bertz CT molecular complexity index is 481. The average molecular weight is 269 g/mol. The van der Waals surface area contributed by atoms with Gasteiger partial charge in [-0.1, -0.05) is 17.8 Å². The van der Waals surface area contributed by atoms with E-state index in [4.69, 9.17) is 4.74 Å². The molecule has 0 unspecified atom stereocenters. The van der Waals surface area contributed by atoms with Crippen LogP contribution in [0.3, 0.4) is 0 Å². The van der Waals surface area contributed by atoms with Crippen LogP contribution in [0.15, 0.2) is 22.7 Å². The Hall–Kier alpha value is -1.34. The number of nitrogens with zero attached hydrogens (tertiary/aromatic N) is 2. The molecule has 17 heavy (non-hydrogen) atoms. The molecule has 2 heterocycles. The number of nitrogens with one attached hydrogen (secondary N) is 1. The molecule has 1 N–H and O–H groups in total. The molecule has 5 nitrogen and oxygen atoms in total. The molecule has 0 amide bonds. The summed E-state index contributed by atoms with van der Waals surface area (Å²) in [5.74, 6) is 0.710. The second-order valence-electron chi connectivity index (χ2n) is 3.04. The van der Waals surface area contributed by atoms with Crippen molar-refractivity contribution < 1.29 is 9.53 Å². The first-order chi connectivity index (χ1) is 8.29. The van der Waals surface area contributed by atoms with Gasteiger partial charge >= 0.3 is 5.97 Å². The minimum absolute atomic E-state index is 0.232. The SMILES string of the molecule is CCOC(=O)CSc1n[nH]c(-c2cccs2)n1. The van der Waals surface area contributed by atoms with E-state index in [0.717, 1.165) is 10.7 Å². The highest BCUT2D eigenvalue weighted by atomic mass is 32.2.